The normalized spacial score (nSPS) is 12.6. The maximum absolute atomic E-state index is 14.6. The molecular formula is C19H14ClF4N4O4P. The van der Waals surface area contributed by atoms with Gasteiger partial charge >= 0.3 is 14.0 Å². The monoisotopic (exact) mass is 504 g/mol. The number of phosphoric acid groups is 1. The number of pyridine rings is 1. The summed E-state index contributed by atoms with van der Waals surface area (Å²) in [6, 6.07) is 9.07. The van der Waals surface area contributed by atoms with Crippen molar-refractivity contribution in [1.82, 2.24) is 19.3 Å². The van der Waals surface area contributed by atoms with E-state index in [9.17, 15) is 22.1 Å². The summed E-state index contributed by atoms with van der Waals surface area (Å²) in [6.45, 7) is -0.668. The zero-order chi connectivity index (χ0) is 24.1. The van der Waals surface area contributed by atoms with E-state index in [0.29, 0.717) is 0 Å². The molecule has 0 aliphatic carbocycles. The van der Waals surface area contributed by atoms with Crippen molar-refractivity contribution in [3.8, 4) is 22.6 Å². The Kier molecular flexibility index (Phi) is 5.83. The van der Waals surface area contributed by atoms with Crippen LogP contribution in [0, 0.1) is 5.82 Å². The predicted molar refractivity (Wildman–Crippen MR) is 110 cm³/mol. The first-order valence-electron chi connectivity index (χ1n) is 9.11. The molecule has 2 N–H and O–H groups in total. The van der Waals surface area contributed by atoms with Crippen LogP contribution >= 0.6 is 19.4 Å². The third kappa shape index (κ3) is 4.66. The van der Waals surface area contributed by atoms with Crippen LogP contribution < -0.4 is 0 Å². The first-order chi connectivity index (χ1) is 15.3. The molecule has 4 rings (SSSR count). The van der Waals surface area contributed by atoms with Crippen LogP contribution in [0.3, 0.4) is 0 Å². The van der Waals surface area contributed by atoms with Crippen LogP contribution in [0.25, 0.3) is 33.7 Å². The molecular weight excluding hydrogens is 491 g/mol. The van der Waals surface area contributed by atoms with E-state index in [0.717, 1.165) is 16.8 Å². The fraction of sp³-hybridized carbons (Fsp3) is 0.158. The van der Waals surface area contributed by atoms with Crippen molar-refractivity contribution in [2.45, 2.75) is 12.9 Å². The van der Waals surface area contributed by atoms with Gasteiger partial charge in [-0.2, -0.15) is 18.3 Å². The van der Waals surface area contributed by atoms with Crippen LogP contribution in [-0.4, -0.2) is 29.1 Å². The third-order valence-corrected chi connectivity index (χ3v) is 5.53. The summed E-state index contributed by atoms with van der Waals surface area (Å²) >= 11 is 6.16. The average molecular weight is 505 g/mol. The van der Waals surface area contributed by atoms with Crippen molar-refractivity contribution in [2.24, 2.45) is 7.05 Å². The topological polar surface area (TPSA) is 102 Å². The Morgan fingerprint density at radius 1 is 1.15 bits per heavy atom. The summed E-state index contributed by atoms with van der Waals surface area (Å²) in [6.07, 6.45) is -4.64. The second kappa shape index (κ2) is 8.23. The van der Waals surface area contributed by atoms with Crippen molar-refractivity contribution in [1.29, 1.82) is 0 Å². The van der Waals surface area contributed by atoms with Gasteiger partial charge in [0.25, 0.3) is 0 Å². The minimum Gasteiger partial charge on any atom is -0.314 e. The Morgan fingerprint density at radius 3 is 2.48 bits per heavy atom. The zero-order valence-corrected chi connectivity index (χ0v) is 18.2. The largest absolute Gasteiger partial charge is 0.471 e. The van der Waals surface area contributed by atoms with Crippen LogP contribution in [0.4, 0.5) is 17.6 Å². The summed E-state index contributed by atoms with van der Waals surface area (Å²) < 4.78 is 71.8. The summed E-state index contributed by atoms with van der Waals surface area (Å²) in [5.74, 6) is -0.704. The minimum atomic E-state index is -4.88. The Morgan fingerprint density at radius 2 is 1.88 bits per heavy atom. The van der Waals surface area contributed by atoms with Crippen LogP contribution in [0.1, 0.15) is 5.69 Å². The maximum Gasteiger partial charge on any atom is 0.471 e. The van der Waals surface area contributed by atoms with Crippen molar-refractivity contribution in [3.63, 3.8) is 0 Å². The van der Waals surface area contributed by atoms with Gasteiger partial charge in [-0.05, 0) is 36.4 Å². The summed E-state index contributed by atoms with van der Waals surface area (Å²) in [4.78, 5) is 22.6. The molecule has 0 aliphatic heterocycles. The van der Waals surface area contributed by atoms with E-state index in [1.807, 2.05) is 0 Å². The fourth-order valence-electron chi connectivity index (χ4n) is 3.35. The smallest absolute Gasteiger partial charge is 0.314 e. The van der Waals surface area contributed by atoms with Gasteiger partial charge in [-0.1, -0.05) is 17.7 Å². The number of benzene rings is 1. The molecule has 0 bridgehead atoms. The molecule has 0 fully saturated rings. The first kappa shape index (κ1) is 23.4. The number of aryl methyl sites for hydroxylation is 1. The summed E-state index contributed by atoms with van der Waals surface area (Å²) in [7, 11) is -3.55. The van der Waals surface area contributed by atoms with Gasteiger partial charge in [-0.15, -0.1) is 0 Å². The second-order valence-electron chi connectivity index (χ2n) is 6.94. The number of fused-ring (bicyclic) bond motifs is 1. The van der Waals surface area contributed by atoms with E-state index in [1.165, 1.54) is 41.9 Å². The van der Waals surface area contributed by atoms with Crippen LogP contribution in [0.5, 0.6) is 0 Å². The molecule has 0 amide bonds. The molecule has 14 heteroatoms. The van der Waals surface area contributed by atoms with Crippen molar-refractivity contribution in [2.75, 3.05) is 0 Å². The highest BCUT2D eigenvalue weighted by molar-refractivity contribution is 7.46. The van der Waals surface area contributed by atoms with Crippen molar-refractivity contribution in [3.05, 3.63) is 59.0 Å². The van der Waals surface area contributed by atoms with Crippen LogP contribution in [-0.2, 0) is 29.0 Å². The number of rotatable bonds is 5. The maximum atomic E-state index is 14.6. The lowest BCUT2D eigenvalue weighted by atomic mass is 10.1. The second-order valence-corrected chi connectivity index (χ2v) is 8.59. The molecule has 1 aromatic carbocycles. The number of aromatic nitrogens is 4. The molecule has 0 aliphatic rings. The van der Waals surface area contributed by atoms with Crippen LogP contribution in [0.2, 0.25) is 5.02 Å². The Bertz CT molecular complexity index is 1390. The molecule has 0 radical (unpaired) electrons. The molecule has 4 aromatic rings. The SMILES string of the molecule is Cn1nc(C(F)(F)F)cc1-c1ccc2c(cc(-c3c(F)cccc3Cl)n2COP(=O)(O)O)n1. The van der Waals surface area contributed by atoms with E-state index < -0.39 is 32.2 Å². The third-order valence-electron chi connectivity index (χ3n) is 4.76. The van der Waals surface area contributed by atoms with E-state index in [4.69, 9.17) is 21.4 Å². The van der Waals surface area contributed by atoms with E-state index >= 15 is 0 Å². The zero-order valence-electron chi connectivity index (χ0n) is 16.6. The molecule has 0 spiro atoms. The number of hydrogen-bond acceptors (Lipinski definition) is 4. The van der Waals surface area contributed by atoms with Gasteiger partial charge in [-0.3, -0.25) is 9.21 Å². The van der Waals surface area contributed by atoms with Crippen molar-refractivity contribution >= 4 is 30.5 Å². The number of alkyl halides is 3. The van der Waals surface area contributed by atoms with Gasteiger partial charge in [0.2, 0.25) is 0 Å². The summed E-state index contributed by atoms with van der Waals surface area (Å²) in [5, 5.41) is 3.49. The molecule has 0 unspecified atom stereocenters. The standard InChI is InChI=1S/C19H14ClF4N4O4P/c1-27-15(8-17(26-27)19(22,23)24)12-5-6-14-13(25-12)7-16(28(14)9-32-33(29,30)31)18-10(20)3-2-4-11(18)21/h2-8H,9H2,1H3,(H2,29,30,31). The lowest BCUT2D eigenvalue weighted by Crippen LogP contribution is -2.06. The van der Waals surface area contributed by atoms with Gasteiger partial charge in [0.05, 0.1) is 38.7 Å². The van der Waals surface area contributed by atoms with Gasteiger partial charge in [0, 0.05) is 7.05 Å². The lowest BCUT2D eigenvalue weighted by Gasteiger charge is -2.13. The summed E-state index contributed by atoms with van der Waals surface area (Å²) in [5.41, 5.74) is -0.347. The molecule has 8 nitrogen and oxygen atoms in total. The average Bonchev–Trinajstić information content (AvgIpc) is 3.25. The number of halogens is 5. The molecule has 0 saturated heterocycles. The number of phosphoric ester groups is 1. The molecule has 33 heavy (non-hydrogen) atoms. The first-order valence-corrected chi connectivity index (χ1v) is 11.0. The van der Waals surface area contributed by atoms with Gasteiger partial charge in [0.1, 0.15) is 12.5 Å². The fourth-order valence-corrected chi connectivity index (χ4v) is 3.87. The highest BCUT2D eigenvalue weighted by Gasteiger charge is 2.35. The minimum absolute atomic E-state index is 0.0249. The molecule has 0 atom stereocenters. The van der Waals surface area contributed by atoms with Gasteiger partial charge in [-0.25, -0.2) is 13.9 Å². The quantitative estimate of drug-likeness (QED) is 0.293. The Labute approximate surface area is 188 Å². The molecule has 174 valence electrons. The van der Waals surface area contributed by atoms with Gasteiger partial charge < -0.3 is 14.4 Å². The van der Waals surface area contributed by atoms with E-state index in [2.05, 4.69) is 14.6 Å². The molecule has 3 aromatic heterocycles. The number of nitrogens with zero attached hydrogens (tertiary/aromatic N) is 4. The van der Waals surface area contributed by atoms with Crippen LogP contribution in [0.15, 0.2) is 42.5 Å². The van der Waals surface area contributed by atoms with Crippen molar-refractivity contribution < 1.29 is 36.4 Å². The highest BCUT2D eigenvalue weighted by atomic mass is 35.5. The van der Waals surface area contributed by atoms with E-state index in [1.54, 1.807) is 0 Å². The number of hydrogen-bond donors (Lipinski definition) is 2. The predicted octanol–water partition coefficient (Wildman–Crippen LogP) is 4.98. The molecule has 3 heterocycles. The van der Waals surface area contributed by atoms with E-state index in [-0.39, 0.29) is 38.7 Å². The van der Waals surface area contributed by atoms with Gasteiger partial charge in [0.15, 0.2) is 5.69 Å². The highest BCUT2D eigenvalue weighted by Crippen LogP contribution is 2.40. The Hall–Kier alpha value is -2.76. The molecule has 0 saturated carbocycles. The Balaban J connectivity index is 1.90. The lowest BCUT2D eigenvalue weighted by molar-refractivity contribution is -0.141.